The minimum absolute atomic E-state index is 0.0296. The smallest absolute Gasteiger partial charge is 0.272 e. The Labute approximate surface area is 168 Å². The Morgan fingerprint density at radius 3 is 2.59 bits per heavy atom. The van der Waals surface area contributed by atoms with Gasteiger partial charge in [-0.15, -0.1) is 0 Å². The van der Waals surface area contributed by atoms with Crippen molar-refractivity contribution >= 4 is 15.7 Å². The second kappa shape index (κ2) is 8.95. The average molecular weight is 423 g/mol. The van der Waals surface area contributed by atoms with Crippen molar-refractivity contribution in [3.63, 3.8) is 0 Å². The molecule has 1 aliphatic rings. The van der Waals surface area contributed by atoms with Crippen molar-refractivity contribution < 1.29 is 22.5 Å². The SMILES string of the molecule is Cc1cc(S(=O)(=O)NCC(c2cccc(F)c2)N2CCOCC2)ccc1[N+](=O)[O-]. The molecular weight excluding hydrogens is 401 g/mol. The first-order valence-corrected chi connectivity index (χ1v) is 10.6. The number of nitrogens with zero attached hydrogens (tertiary/aromatic N) is 2. The first-order chi connectivity index (χ1) is 13.8. The summed E-state index contributed by atoms with van der Waals surface area (Å²) in [5, 5.41) is 11.0. The van der Waals surface area contributed by atoms with Gasteiger partial charge in [-0.05, 0) is 36.8 Å². The number of nitro groups is 1. The monoisotopic (exact) mass is 423 g/mol. The Hall–Kier alpha value is -2.40. The summed E-state index contributed by atoms with van der Waals surface area (Å²) in [5.74, 6) is -0.394. The molecular formula is C19H22FN3O5S. The van der Waals surface area contributed by atoms with E-state index in [0.29, 0.717) is 31.9 Å². The number of sulfonamides is 1. The van der Waals surface area contributed by atoms with E-state index in [-0.39, 0.29) is 28.7 Å². The number of nitrogens with one attached hydrogen (secondary N) is 1. The van der Waals surface area contributed by atoms with E-state index in [1.54, 1.807) is 12.1 Å². The summed E-state index contributed by atoms with van der Waals surface area (Å²) in [4.78, 5) is 12.4. The zero-order chi connectivity index (χ0) is 21.0. The molecule has 2 aromatic rings. The van der Waals surface area contributed by atoms with Crippen LogP contribution in [0.25, 0.3) is 0 Å². The Kier molecular flexibility index (Phi) is 6.58. The van der Waals surface area contributed by atoms with Gasteiger partial charge in [0.15, 0.2) is 0 Å². The molecule has 10 heteroatoms. The molecule has 0 spiro atoms. The van der Waals surface area contributed by atoms with Crippen LogP contribution >= 0.6 is 0 Å². The maximum absolute atomic E-state index is 13.7. The van der Waals surface area contributed by atoms with Gasteiger partial charge >= 0.3 is 0 Å². The van der Waals surface area contributed by atoms with E-state index in [2.05, 4.69) is 4.72 Å². The van der Waals surface area contributed by atoms with Crippen molar-refractivity contribution in [2.75, 3.05) is 32.8 Å². The number of halogens is 1. The maximum atomic E-state index is 13.7. The number of hydrogen-bond donors (Lipinski definition) is 1. The fourth-order valence-electron chi connectivity index (χ4n) is 3.33. The van der Waals surface area contributed by atoms with Gasteiger partial charge in [0.25, 0.3) is 5.69 Å². The number of ether oxygens (including phenoxy) is 1. The molecule has 3 rings (SSSR count). The summed E-state index contributed by atoms with van der Waals surface area (Å²) in [7, 11) is -3.90. The molecule has 0 aliphatic carbocycles. The van der Waals surface area contributed by atoms with Crippen molar-refractivity contribution in [3.8, 4) is 0 Å². The molecule has 8 nitrogen and oxygen atoms in total. The third-order valence-corrected chi connectivity index (χ3v) is 6.28. The molecule has 2 aromatic carbocycles. The second-order valence-electron chi connectivity index (χ2n) is 6.78. The largest absolute Gasteiger partial charge is 0.379 e. The van der Waals surface area contributed by atoms with Crippen LogP contribution in [0.2, 0.25) is 0 Å². The molecule has 29 heavy (non-hydrogen) atoms. The van der Waals surface area contributed by atoms with Gasteiger partial charge < -0.3 is 4.74 Å². The second-order valence-corrected chi connectivity index (χ2v) is 8.54. The first kappa shape index (κ1) is 21.3. The molecule has 1 N–H and O–H groups in total. The first-order valence-electron chi connectivity index (χ1n) is 9.10. The highest BCUT2D eigenvalue weighted by Gasteiger charge is 2.26. The molecule has 1 heterocycles. The van der Waals surface area contributed by atoms with Crippen molar-refractivity contribution in [3.05, 3.63) is 69.5 Å². The summed E-state index contributed by atoms with van der Waals surface area (Å²) >= 11 is 0. The van der Waals surface area contributed by atoms with E-state index >= 15 is 0 Å². The molecule has 1 unspecified atom stereocenters. The minimum atomic E-state index is -3.90. The molecule has 0 saturated carbocycles. The van der Waals surface area contributed by atoms with Crippen molar-refractivity contribution in [1.29, 1.82) is 0 Å². The highest BCUT2D eigenvalue weighted by molar-refractivity contribution is 7.89. The van der Waals surface area contributed by atoms with E-state index < -0.39 is 20.8 Å². The molecule has 0 aromatic heterocycles. The van der Waals surface area contributed by atoms with Crippen LogP contribution in [0.3, 0.4) is 0 Å². The Balaban J connectivity index is 1.82. The van der Waals surface area contributed by atoms with Gasteiger partial charge in [0.2, 0.25) is 10.0 Å². The van der Waals surface area contributed by atoms with E-state index in [0.717, 1.165) is 0 Å². The molecule has 156 valence electrons. The van der Waals surface area contributed by atoms with Gasteiger partial charge in [-0.25, -0.2) is 17.5 Å². The number of rotatable bonds is 7. The minimum Gasteiger partial charge on any atom is -0.379 e. The Morgan fingerprint density at radius 1 is 1.24 bits per heavy atom. The lowest BCUT2D eigenvalue weighted by Gasteiger charge is -2.34. The Bertz CT molecular complexity index is 993. The fourth-order valence-corrected chi connectivity index (χ4v) is 4.46. The predicted molar refractivity (Wildman–Crippen MR) is 105 cm³/mol. The van der Waals surface area contributed by atoms with Crippen LogP contribution in [0.1, 0.15) is 17.2 Å². The van der Waals surface area contributed by atoms with Gasteiger partial charge in [0, 0.05) is 37.3 Å². The summed E-state index contributed by atoms with van der Waals surface area (Å²) in [6.45, 7) is 3.74. The lowest BCUT2D eigenvalue weighted by Crippen LogP contribution is -2.43. The summed E-state index contributed by atoms with van der Waals surface area (Å²) in [6.07, 6.45) is 0. The van der Waals surface area contributed by atoms with E-state index in [4.69, 9.17) is 4.74 Å². The molecule has 0 amide bonds. The average Bonchev–Trinajstić information content (AvgIpc) is 2.68. The molecule has 0 radical (unpaired) electrons. The zero-order valence-electron chi connectivity index (χ0n) is 15.9. The Morgan fingerprint density at radius 2 is 1.97 bits per heavy atom. The normalized spacial score (nSPS) is 16.5. The van der Waals surface area contributed by atoms with Gasteiger partial charge in [0.1, 0.15) is 5.82 Å². The highest BCUT2D eigenvalue weighted by atomic mass is 32.2. The van der Waals surface area contributed by atoms with Gasteiger partial charge in [-0.1, -0.05) is 12.1 Å². The van der Waals surface area contributed by atoms with Crippen LogP contribution in [0.4, 0.5) is 10.1 Å². The number of benzene rings is 2. The topological polar surface area (TPSA) is 102 Å². The lowest BCUT2D eigenvalue weighted by molar-refractivity contribution is -0.385. The standard InChI is InChI=1S/C19H22FN3O5S/c1-14-11-17(5-6-18(14)23(24)25)29(26,27)21-13-19(22-7-9-28-10-8-22)15-3-2-4-16(20)12-15/h2-6,11-12,19,21H,7-10,13H2,1H3. The van der Waals surface area contributed by atoms with E-state index in [1.807, 2.05) is 4.90 Å². The molecule has 0 bridgehead atoms. The van der Waals surface area contributed by atoms with Crippen molar-refractivity contribution in [1.82, 2.24) is 9.62 Å². The van der Waals surface area contributed by atoms with Crippen LogP contribution in [-0.4, -0.2) is 51.1 Å². The molecule has 1 saturated heterocycles. The fraction of sp³-hybridized carbons (Fsp3) is 0.368. The van der Waals surface area contributed by atoms with Crippen LogP contribution in [0.5, 0.6) is 0 Å². The van der Waals surface area contributed by atoms with E-state index in [1.165, 1.54) is 37.3 Å². The summed E-state index contributed by atoms with van der Waals surface area (Å²) < 4.78 is 47.2. The van der Waals surface area contributed by atoms with Crippen LogP contribution < -0.4 is 4.72 Å². The third-order valence-electron chi connectivity index (χ3n) is 4.86. The molecule has 1 fully saturated rings. The zero-order valence-corrected chi connectivity index (χ0v) is 16.7. The number of nitro benzene ring substituents is 1. The van der Waals surface area contributed by atoms with Crippen LogP contribution in [0, 0.1) is 22.9 Å². The van der Waals surface area contributed by atoms with E-state index in [9.17, 15) is 22.9 Å². The molecule has 1 atom stereocenters. The van der Waals surface area contributed by atoms with Crippen molar-refractivity contribution in [2.24, 2.45) is 0 Å². The van der Waals surface area contributed by atoms with Crippen LogP contribution in [-0.2, 0) is 14.8 Å². The van der Waals surface area contributed by atoms with Crippen molar-refractivity contribution in [2.45, 2.75) is 17.9 Å². The third kappa shape index (κ3) is 5.15. The number of morpholine rings is 1. The van der Waals surface area contributed by atoms with Gasteiger partial charge in [0.05, 0.1) is 23.0 Å². The molecule has 1 aliphatic heterocycles. The van der Waals surface area contributed by atoms with Gasteiger partial charge in [-0.3, -0.25) is 15.0 Å². The predicted octanol–water partition coefficient (Wildman–Crippen LogP) is 2.39. The maximum Gasteiger partial charge on any atom is 0.272 e. The lowest BCUT2D eigenvalue weighted by atomic mass is 10.0. The summed E-state index contributed by atoms with van der Waals surface area (Å²) in [6, 6.07) is 9.36. The quantitative estimate of drug-likeness (QED) is 0.542. The highest BCUT2D eigenvalue weighted by Crippen LogP contribution is 2.24. The van der Waals surface area contributed by atoms with Crippen LogP contribution in [0.15, 0.2) is 47.4 Å². The van der Waals surface area contributed by atoms with Gasteiger partial charge in [-0.2, -0.15) is 0 Å². The summed E-state index contributed by atoms with van der Waals surface area (Å²) in [5.41, 5.74) is 0.775. The number of hydrogen-bond acceptors (Lipinski definition) is 6. The number of aryl methyl sites for hydroxylation is 1.